The molecule has 35 heavy (non-hydrogen) atoms. The highest BCUT2D eigenvalue weighted by Crippen LogP contribution is 2.37. The van der Waals surface area contributed by atoms with Crippen molar-refractivity contribution in [3.63, 3.8) is 0 Å². The van der Waals surface area contributed by atoms with E-state index in [-0.39, 0.29) is 30.6 Å². The van der Waals surface area contributed by atoms with Gasteiger partial charge < -0.3 is 14.8 Å². The van der Waals surface area contributed by atoms with Crippen molar-refractivity contribution >= 4 is 40.7 Å². The van der Waals surface area contributed by atoms with Gasteiger partial charge in [0.25, 0.3) is 0 Å². The summed E-state index contributed by atoms with van der Waals surface area (Å²) in [5.74, 6) is 1.08. The van der Waals surface area contributed by atoms with Gasteiger partial charge >= 0.3 is 0 Å². The van der Waals surface area contributed by atoms with Crippen LogP contribution in [0.5, 0.6) is 11.5 Å². The van der Waals surface area contributed by atoms with E-state index >= 15 is 0 Å². The molecule has 8 heteroatoms. The van der Waals surface area contributed by atoms with E-state index in [1.54, 1.807) is 19.2 Å². The number of likely N-dealkylation sites (tertiary alicyclic amines) is 1. The predicted molar refractivity (Wildman–Crippen MR) is 148 cm³/mol. The van der Waals surface area contributed by atoms with Crippen LogP contribution in [0.15, 0.2) is 71.2 Å². The Morgan fingerprint density at radius 1 is 0.943 bits per heavy atom. The number of rotatable bonds is 9. The molecule has 3 aromatic carbocycles. The van der Waals surface area contributed by atoms with E-state index in [0.717, 1.165) is 54.6 Å². The van der Waals surface area contributed by atoms with Crippen molar-refractivity contribution in [1.29, 1.82) is 0 Å². The highest BCUT2D eigenvalue weighted by molar-refractivity contribution is 9.10. The smallest absolute Gasteiger partial charge is 0.175 e. The van der Waals surface area contributed by atoms with E-state index in [4.69, 9.17) is 9.47 Å². The molecule has 3 aromatic rings. The molecular weight excluding hydrogens is 554 g/mol. The van der Waals surface area contributed by atoms with Crippen LogP contribution < -0.4 is 14.8 Å². The average molecular weight is 586 g/mol. The molecular formula is C27H32BrCl2FN2O2. The number of piperidine rings is 1. The number of nitrogens with zero attached hydrogens (tertiary/aromatic N) is 1. The van der Waals surface area contributed by atoms with Crippen LogP contribution in [0.2, 0.25) is 0 Å². The van der Waals surface area contributed by atoms with Crippen LogP contribution in [0.25, 0.3) is 0 Å². The van der Waals surface area contributed by atoms with Crippen molar-refractivity contribution in [2.45, 2.75) is 38.6 Å². The molecule has 0 aromatic heterocycles. The molecule has 1 aliphatic heterocycles. The van der Waals surface area contributed by atoms with Crippen molar-refractivity contribution in [3.05, 3.63) is 93.7 Å². The molecule has 1 heterocycles. The summed E-state index contributed by atoms with van der Waals surface area (Å²) >= 11 is 3.63. The average Bonchev–Trinajstić information content (AvgIpc) is 2.84. The topological polar surface area (TPSA) is 33.7 Å². The first kappa shape index (κ1) is 29.4. The first-order chi connectivity index (χ1) is 16.1. The summed E-state index contributed by atoms with van der Waals surface area (Å²) in [6.07, 6.45) is 2.29. The van der Waals surface area contributed by atoms with Crippen LogP contribution in [0.4, 0.5) is 4.39 Å². The normalized spacial score (nSPS) is 14.0. The van der Waals surface area contributed by atoms with E-state index in [9.17, 15) is 4.39 Å². The Hall–Kier alpha value is -1.83. The number of hydrogen-bond donors (Lipinski definition) is 1. The maximum Gasteiger partial charge on any atom is 0.175 e. The summed E-state index contributed by atoms with van der Waals surface area (Å²) in [6, 6.07) is 21.6. The standard InChI is InChI=1S/C27H30BrFN2O2.2ClH/c1-32-26-16-22(15-25(28)27(26)33-19-21-7-9-23(29)10-8-21)17-30-24-11-13-31(14-12-24)18-20-5-3-2-4-6-20;;/h2-10,15-16,24,30H,11-14,17-19H2,1H3;2*1H. The third-order valence-corrected chi connectivity index (χ3v) is 6.61. The molecule has 1 fully saturated rings. The molecule has 4 rings (SSSR count). The lowest BCUT2D eigenvalue weighted by Crippen LogP contribution is -2.41. The van der Waals surface area contributed by atoms with Gasteiger partial charge in [-0.1, -0.05) is 42.5 Å². The molecule has 0 saturated carbocycles. The molecule has 0 aliphatic carbocycles. The van der Waals surface area contributed by atoms with Crippen molar-refractivity contribution in [1.82, 2.24) is 10.2 Å². The number of nitrogens with one attached hydrogen (secondary N) is 1. The third-order valence-electron chi connectivity index (χ3n) is 6.02. The highest BCUT2D eigenvalue weighted by Gasteiger charge is 2.19. The Labute approximate surface area is 228 Å². The second-order valence-electron chi connectivity index (χ2n) is 8.44. The summed E-state index contributed by atoms with van der Waals surface area (Å²) in [6.45, 7) is 4.35. The molecule has 0 unspecified atom stereocenters. The number of methoxy groups -OCH3 is 1. The third kappa shape index (κ3) is 8.65. The molecule has 1 saturated heterocycles. The van der Waals surface area contributed by atoms with E-state index in [2.05, 4.69) is 62.5 Å². The van der Waals surface area contributed by atoms with Crippen LogP contribution in [0, 0.1) is 5.82 Å². The van der Waals surface area contributed by atoms with Gasteiger partial charge in [0.1, 0.15) is 12.4 Å². The quantitative estimate of drug-likeness (QED) is 0.300. The first-order valence-corrected chi connectivity index (χ1v) is 12.1. The Bertz CT molecular complexity index is 1030. The lowest BCUT2D eigenvalue weighted by molar-refractivity contribution is 0.190. The van der Waals surface area contributed by atoms with Crippen LogP contribution in [-0.4, -0.2) is 31.1 Å². The highest BCUT2D eigenvalue weighted by atomic mass is 79.9. The number of hydrogen-bond acceptors (Lipinski definition) is 4. The Balaban J connectivity index is 0.00000216. The van der Waals surface area contributed by atoms with Crippen LogP contribution in [0.3, 0.4) is 0 Å². The molecule has 4 nitrogen and oxygen atoms in total. The molecule has 190 valence electrons. The summed E-state index contributed by atoms with van der Waals surface area (Å²) in [4.78, 5) is 2.53. The van der Waals surface area contributed by atoms with Crippen molar-refractivity contribution in [2.24, 2.45) is 0 Å². The molecule has 1 aliphatic rings. The van der Waals surface area contributed by atoms with Crippen molar-refractivity contribution in [3.8, 4) is 11.5 Å². The van der Waals surface area contributed by atoms with E-state index in [1.807, 2.05) is 6.07 Å². The van der Waals surface area contributed by atoms with Crippen LogP contribution in [0.1, 0.15) is 29.5 Å². The fourth-order valence-electron chi connectivity index (χ4n) is 4.15. The van der Waals surface area contributed by atoms with Gasteiger partial charge in [0, 0.05) is 19.1 Å². The Kier molecular flexibility index (Phi) is 12.3. The fourth-order valence-corrected chi connectivity index (χ4v) is 4.75. The zero-order chi connectivity index (χ0) is 23.0. The lowest BCUT2D eigenvalue weighted by Gasteiger charge is -2.32. The van der Waals surface area contributed by atoms with Crippen molar-refractivity contribution < 1.29 is 13.9 Å². The molecule has 0 bridgehead atoms. The van der Waals surface area contributed by atoms with Crippen molar-refractivity contribution in [2.75, 3.05) is 20.2 Å². The van der Waals surface area contributed by atoms with Gasteiger partial charge in [-0.2, -0.15) is 0 Å². The van der Waals surface area contributed by atoms with Gasteiger partial charge in [0.15, 0.2) is 11.5 Å². The molecule has 1 N–H and O–H groups in total. The maximum absolute atomic E-state index is 13.1. The molecule has 0 spiro atoms. The second kappa shape index (κ2) is 14.7. The minimum absolute atomic E-state index is 0. The zero-order valence-corrected chi connectivity index (χ0v) is 22.9. The first-order valence-electron chi connectivity index (χ1n) is 11.3. The molecule has 0 radical (unpaired) electrons. The summed E-state index contributed by atoms with van der Waals surface area (Å²) in [5, 5.41) is 3.70. The van der Waals surface area contributed by atoms with Crippen LogP contribution >= 0.6 is 40.7 Å². The number of benzene rings is 3. The van der Waals surface area contributed by atoms with Gasteiger partial charge in [-0.15, -0.1) is 24.8 Å². The Morgan fingerprint density at radius 3 is 2.29 bits per heavy atom. The van der Waals surface area contributed by atoms with E-state index < -0.39 is 0 Å². The maximum atomic E-state index is 13.1. The largest absolute Gasteiger partial charge is 0.493 e. The van der Waals surface area contributed by atoms with E-state index in [1.165, 1.54) is 17.7 Å². The molecule has 0 atom stereocenters. The lowest BCUT2D eigenvalue weighted by atomic mass is 10.0. The minimum Gasteiger partial charge on any atom is -0.493 e. The Morgan fingerprint density at radius 2 is 1.63 bits per heavy atom. The number of ether oxygens (including phenoxy) is 2. The van der Waals surface area contributed by atoms with Gasteiger partial charge in [0.2, 0.25) is 0 Å². The second-order valence-corrected chi connectivity index (χ2v) is 9.30. The predicted octanol–water partition coefficient (Wildman–Crippen LogP) is 6.77. The number of halogens is 4. The summed E-state index contributed by atoms with van der Waals surface area (Å²) in [7, 11) is 1.65. The summed E-state index contributed by atoms with van der Waals surface area (Å²) < 4.78 is 25.5. The monoisotopic (exact) mass is 584 g/mol. The minimum atomic E-state index is -0.253. The van der Waals surface area contributed by atoms with Gasteiger partial charge in [0.05, 0.1) is 11.6 Å². The van der Waals surface area contributed by atoms with Gasteiger partial charge in [-0.25, -0.2) is 4.39 Å². The fraction of sp³-hybridized carbons (Fsp3) is 0.333. The van der Waals surface area contributed by atoms with Crippen LogP contribution in [-0.2, 0) is 19.7 Å². The van der Waals surface area contributed by atoms with Gasteiger partial charge in [-0.3, -0.25) is 4.90 Å². The molecule has 0 amide bonds. The summed E-state index contributed by atoms with van der Waals surface area (Å²) in [5.41, 5.74) is 3.41. The zero-order valence-electron chi connectivity index (χ0n) is 19.7. The van der Waals surface area contributed by atoms with E-state index in [0.29, 0.717) is 24.1 Å². The van der Waals surface area contributed by atoms with Gasteiger partial charge in [-0.05, 0) is 82.8 Å². The SMILES string of the molecule is COc1cc(CNC2CCN(Cc3ccccc3)CC2)cc(Br)c1OCc1ccc(F)cc1.Cl.Cl.